The van der Waals surface area contributed by atoms with Crippen molar-refractivity contribution in [2.24, 2.45) is 11.3 Å². The number of nitrogens with zero attached hydrogens (tertiary/aromatic N) is 3. The number of likely N-dealkylation sites (tertiary alicyclic amines) is 3. The van der Waals surface area contributed by atoms with Crippen molar-refractivity contribution < 1.29 is 4.79 Å². The summed E-state index contributed by atoms with van der Waals surface area (Å²) in [6, 6.07) is 0.650. The van der Waals surface area contributed by atoms with Gasteiger partial charge in [-0.05, 0) is 52.7 Å². The Morgan fingerprint density at radius 2 is 1.75 bits per heavy atom. The second kappa shape index (κ2) is 5.30. The third-order valence-electron chi connectivity index (χ3n) is 5.46. The molecule has 0 saturated carbocycles. The zero-order valence-corrected chi connectivity index (χ0v) is 13.3. The van der Waals surface area contributed by atoms with E-state index in [0.717, 1.165) is 19.5 Å². The molecule has 4 heteroatoms. The lowest BCUT2D eigenvalue weighted by molar-refractivity contribution is -0.157. The summed E-state index contributed by atoms with van der Waals surface area (Å²) in [5.41, 5.74) is 0.478. The number of piperidine rings is 1. The summed E-state index contributed by atoms with van der Waals surface area (Å²) in [7, 11) is 2.16. The van der Waals surface area contributed by atoms with Gasteiger partial charge in [-0.1, -0.05) is 0 Å². The van der Waals surface area contributed by atoms with Gasteiger partial charge in [0.25, 0.3) is 0 Å². The van der Waals surface area contributed by atoms with Crippen molar-refractivity contribution in [1.82, 2.24) is 14.7 Å². The smallest absolute Gasteiger partial charge is 0.222 e. The fraction of sp³-hybridized carbons (Fsp3) is 0.938. The van der Waals surface area contributed by atoms with Crippen molar-refractivity contribution in [2.45, 2.75) is 39.2 Å². The lowest BCUT2D eigenvalue weighted by Crippen LogP contribution is -2.72. The third-order valence-corrected chi connectivity index (χ3v) is 5.46. The lowest BCUT2D eigenvalue weighted by atomic mass is 9.73. The van der Waals surface area contributed by atoms with Crippen molar-refractivity contribution in [3.8, 4) is 0 Å². The molecular formula is C16H29N3O. The van der Waals surface area contributed by atoms with E-state index < -0.39 is 0 Å². The highest BCUT2D eigenvalue weighted by atomic mass is 16.2. The SMILES string of the molecule is CC(C)N1CCC(CC(=O)N2CC3(CN(C)C3)C2)CC1. The molecule has 3 rings (SSSR count). The van der Waals surface area contributed by atoms with E-state index in [1.165, 1.54) is 39.0 Å². The largest absolute Gasteiger partial charge is 0.341 e. The maximum absolute atomic E-state index is 12.3. The van der Waals surface area contributed by atoms with Gasteiger partial charge in [0, 0.05) is 44.1 Å². The summed E-state index contributed by atoms with van der Waals surface area (Å²) >= 11 is 0. The number of carbonyl (C=O) groups is 1. The van der Waals surface area contributed by atoms with Gasteiger partial charge >= 0.3 is 0 Å². The molecule has 0 N–H and O–H groups in total. The van der Waals surface area contributed by atoms with Gasteiger partial charge in [-0.3, -0.25) is 4.79 Å². The Kier molecular flexibility index (Phi) is 3.80. The highest BCUT2D eigenvalue weighted by Gasteiger charge is 2.51. The Labute approximate surface area is 123 Å². The average molecular weight is 279 g/mol. The van der Waals surface area contributed by atoms with Crippen LogP contribution in [0.2, 0.25) is 0 Å². The fourth-order valence-corrected chi connectivity index (χ4v) is 4.29. The quantitative estimate of drug-likeness (QED) is 0.778. The Bertz CT molecular complexity index is 360. The first-order chi connectivity index (χ1) is 9.47. The van der Waals surface area contributed by atoms with Crippen LogP contribution in [0.15, 0.2) is 0 Å². The second-order valence-corrected chi connectivity index (χ2v) is 7.70. The number of hydrogen-bond acceptors (Lipinski definition) is 3. The molecule has 114 valence electrons. The summed E-state index contributed by atoms with van der Waals surface area (Å²) in [5.74, 6) is 1.03. The average Bonchev–Trinajstić information content (AvgIpc) is 2.32. The molecule has 0 aliphatic carbocycles. The Hall–Kier alpha value is -0.610. The molecule has 20 heavy (non-hydrogen) atoms. The second-order valence-electron chi connectivity index (χ2n) is 7.70. The zero-order valence-electron chi connectivity index (χ0n) is 13.3. The summed E-state index contributed by atoms with van der Waals surface area (Å²) in [5, 5.41) is 0. The Morgan fingerprint density at radius 1 is 1.15 bits per heavy atom. The van der Waals surface area contributed by atoms with E-state index in [-0.39, 0.29) is 0 Å². The fourth-order valence-electron chi connectivity index (χ4n) is 4.29. The van der Waals surface area contributed by atoms with E-state index >= 15 is 0 Å². The van der Waals surface area contributed by atoms with Gasteiger partial charge in [0.1, 0.15) is 0 Å². The van der Waals surface area contributed by atoms with Crippen molar-refractivity contribution in [2.75, 3.05) is 46.3 Å². The van der Waals surface area contributed by atoms with Gasteiger partial charge in [-0.2, -0.15) is 0 Å². The van der Waals surface area contributed by atoms with E-state index in [2.05, 4.69) is 35.6 Å². The minimum absolute atomic E-state index is 0.410. The molecule has 4 nitrogen and oxygen atoms in total. The summed E-state index contributed by atoms with van der Waals surface area (Å²) < 4.78 is 0. The van der Waals surface area contributed by atoms with Crippen molar-refractivity contribution in [1.29, 1.82) is 0 Å². The van der Waals surface area contributed by atoms with Crippen LogP contribution in [0.25, 0.3) is 0 Å². The van der Waals surface area contributed by atoms with Gasteiger partial charge in [0.15, 0.2) is 0 Å². The molecule has 3 aliphatic heterocycles. The molecule has 1 spiro atoms. The lowest BCUT2D eigenvalue weighted by Gasteiger charge is -2.59. The number of amides is 1. The molecular weight excluding hydrogens is 250 g/mol. The standard InChI is InChI=1S/C16H29N3O/c1-13(2)18-6-4-14(5-7-18)8-15(20)19-11-16(12-19)9-17(3)10-16/h13-14H,4-12H2,1-3H3. The highest BCUT2D eigenvalue weighted by molar-refractivity contribution is 5.77. The first kappa shape index (κ1) is 14.3. The summed E-state index contributed by atoms with van der Waals surface area (Å²) in [6.07, 6.45) is 3.19. The van der Waals surface area contributed by atoms with Gasteiger partial charge in [0.2, 0.25) is 5.91 Å². The van der Waals surface area contributed by atoms with E-state index in [0.29, 0.717) is 23.3 Å². The van der Waals surface area contributed by atoms with Crippen LogP contribution in [0, 0.1) is 11.3 Å². The summed E-state index contributed by atoms with van der Waals surface area (Å²) in [4.78, 5) is 19.3. The van der Waals surface area contributed by atoms with Crippen LogP contribution in [-0.2, 0) is 4.79 Å². The number of carbonyl (C=O) groups excluding carboxylic acids is 1. The van der Waals surface area contributed by atoms with Gasteiger partial charge < -0.3 is 14.7 Å². The zero-order chi connectivity index (χ0) is 14.3. The molecule has 0 aromatic carbocycles. The highest BCUT2D eigenvalue weighted by Crippen LogP contribution is 2.39. The molecule has 0 aromatic heterocycles. The van der Waals surface area contributed by atoms with Crippen LogP contribution < -0.4 is 0 Å². The van der Waals surface area contributed by atoms with Crippen LogP contribution in [0.1, 0.15) is 33.1 Å². The number of rotatable bonds is 3. The summed E-state index contributed by atoms with van der Waals surface area (Å²) in [6.45, 7) is 11.3. The van der Waals surface area contributed by atoms with Gasteiger partial charge in [0.05, 0.1) is 0 Å². The minimum atomic E-state index is 0.410. The first-order valence-corrected chi connectivity index (χ1v) is 8.18. The molecule has 0 atom stereocenters. The van der Waals surface area contributed by atoms with E-state index in [4.69, 9.17) is 0 Å². The molecule has 0 bridgehead atoms. The van der Waals surface area contributed by atoms with Crippen molar-refractivity contribution in [3.63, 3.8) is 0 Å². The van der Waals surface area contributed by atoms with Crippen LogP contribution >= 0.6 is 0 Å². The maximum Gasteiger partial charge on any atom is 0.222 e. The topological polar surface area (TPSA) is 26.8 Å². The molecule has 0 unspecified atom stereocenters. The molecule has 1 amide bonds. The molecule has 0 aromatic rings. The monoisotopic (exact) mass is 279 g/mol. The molecule has 3 saturated heterocycles. The van der Waals surface area contributed by atoms with Gasteiger partial charge in [-0.25, -0.2) is 0 Å². The normalized spacial score (nSPS) is 27.7. The molecule has 0 radical (unpaired) electrons. The third kappa shape index (κ3) is 2.73. The predicted molar refractivity (Wildman–Crippen MR) is 80.6 cm³/mol. The molecule has 3 aliphatic rings. The first-order valence-electron chi connectivity index (χ1n) is 8.18. The van der Waals surface area contributed by atoms with Crippen molar-refractivity contribution >= 4 is 5.91 Å². The minimum Gasteiger partial charge on any atom is -0.341 e. The van der Waals surface area contributed by atoms with Crippen LogP contribution in [0.5, 0.6) is 0 Å². The van der Waals surface area contributed by atoms with Crippen LogP contribution in [0.4, 0.5) is 0 Å². The van der Waals surface area contributed by atoms with E-state index in [9.17, 15) is 4.79 Å². The molecule has 3 fully saturated rings. The van der Waals surface area contributed by atoms with Crippen LogP contribution in [0.3, 0.4) is 0 Å². The van der Waals surface area contributed by atoms with Crippen molar-refractivity contribution in [3.05, 3.63) is 0 Å². The Morgan fingerprint density at radius 3 is 2.25 bits per heavy atom. The van der Waals surface area contributed by atoms with Crippen LogP contribution in [-0.4, -0.2) is 73.0 Å². The predicted octanol–water partition coefficient (Wildman–Crippen LogP) is 1.27. The maximum atomic E-state index is 12.3. The number of hydrogen-bond donors (Lipinski definition) is 0. The van der Waals surface area contributed by atoms with E-state index in [1.54, 1.807) is 0 Å². The molecule has 3 heterocycles. The van der Waals surface area contributed by atoms with Gasteiger partial charge in [-0.15, -0.1) is 0 Å². The Balaban J connectivity index is 1.38. The van der Waals surface area contributed by atoms with E-state index in [1.807, 2.05) is 0 Å².